The van der Waals surface area contributed by atoms with Gasteiger partial charge >= 0.3 is 30.0 Å². The van der Waals surface area contributed by atoms with Crippen molar-refractivity contribution in [1.29, 1.82) is 0 Å². The number of ether oxygens (including phenoxy) is 5. The lowest BCUT2D eigenvalue weighted by Crippen LogP contribution is -2.52. The van der Waals surface area contributed by atoms with E-state index in [0.717, 1.165) is 36.1 Å². The van der Waals surface area contributed by atoms with E-state index in [-0.39, 0.29) is 0 Å². The van der Waals surface area contributed by atoms with Crippen molar-refractivity contribution in [3.05, 3.63) is 46.8 Å². The minimum atomic E-state index is -4.89. The number of hydrogen-bond acceptors (Lipinski definition) is 11. The van der Waals surface area contributed by atoms with Crippen LogP contribution in [0.2, 0.25) is 0 Å². The highest BCUT2D eigenvalue weighted by Gasteiger charge is 2.59. The fourth-order valence-corrected chi connectivity index (χ4v) is 3.90. The van der Waals surface area contributed by atoms with Crippen LogP contribution in [0.4, 0.5) is 19.1 Å². The largest absolute Gasteiger partial charge is 0.462 e. The van der Waals surface area contributed by atoms with E-state index in [4.69, 9.17) is 23.7 Å². The number of halogens is 3. The molecule has 1 aromatic heterocycles. The van der Waals surface area contributed by atoms with Gasteiger partial charge in [-0.05, 0) is 52.5 Å². The van der Waals surface area contributed by atoms with Crippen molar-refractivity contribution in [3.63, 3.8) is 0 Å². The fourth-order valence-electron chi connectivity index (χ4n) is 3.90. The summed E-state index contributed by atoms with van der Waals surface area (Å²) < 4.78 is 70.0. The zero-order valence-corrected chi connectivity index (χ0v) is 25.6. The molecule has 0 amide bonds. The zero-order chi connectivity index (χ0) is 33.5. The third kappa shape index (κ3) is 9.35. The van der Waals surface area contributed by atoms with Gasteiger partial charge in [-0.1, -0.05) is 23.2 Å². The number of alkyl halides is 3. The first-order chi connectivity index (χ1) is 20.2. The second kappa shape index (κ2) is 14.3. The smallest absolute Gasteiger partial charge is 0.436 e. The van der Waals surface area contributed by atoms with Crippen molar-refractivity contribution >= 4 is 23.9 Å². The van der Waals surface area contributed by atoms with Crippen molar-refractivity contribution < 1.29 is 56.2 Å². The second-order valence-electron chi connectivity index (χ2n) is 12.1. The van der Waals surface area contributed by atoms with E-state index >= 15 is 0 Å². The molecular formula is C28H38F3N3O10. The van der Waals surface area contributed by atoms with E-state index in [1.54, 1.807) is 41.5 Å². The fraction of sp³-hybridized carbons (Fsp3) is 0.643. The molecule has 2 rings (SSSR count). The Balaban J connectivity index is 2.40. The van der Waals surface area contributed by atoms with E-state index in [2.05, 4.69) is 4.98 Å². The minimum Gasteiger partial charge on any atom is -0.462 e. The van der Waals surface area contributed by atoms with E-state index in [1.807, 2.05) is 0 Å². The summed E-state index contributed by atoms with van der Waals surface area (Å²) in [6.45, 7) is 7.70. The number of methoxy groups -OCH3 is 1. The Labute approximate surface area is 252 Å². The molecule has 1 heterocycles. The van der Waals surface area contributed by atoms with Gasteiger partial charge in [0.05, 0.1) is 17.3 Å². The van der Waals surface area contributed by atoms with Gasteiger partial charge in [0.1, 0.15) is 31.7 Å². The molecule has 1 aromatic rings. The first kappa shape index (κ1) is 36.4. The Morgan fingerprint density at radius 2 is 1.59 bits per heavy atom. The molecule has 1 aliphatic carbocycles. The molecule has 13 nitrogen and oxygen atoms in total. The molecule has 4 atom stereocenters. The van der Waals surface area contributed by atoms with Crippen LogP contribution in [-0.2, 0) is 44.8 Å². The Morgan fingerprint density at radius 3 is 2.09 bits per heavy atom. The maximum atomic E-state index is 14.1. The number of esters is 3. The van der Waals surface area contributed by atoms with Crippen LogP contribution in [0.1, 0.15) is 48.0 Å². The predicted octanol–water partition coefficient (Wildman–Crippen LogP) is 4.30. The molecule has 0 radical (unpaired) electrons. The zero-order valence-electron chi connectivity index (χ0n) is 25.6. The predicted molar refractivity (Wildman–Crippen MR) is 147 cm³/mol. The third-order valence-corrected chi connectivity index (χ3v) is 6.48. The lowest BCUT2D eigenvalue weighted by Gasteiger charge is -2.38. The van der Waals surface area contributed by atoms with E-state index in [0.29, 0.717) is 0 Å². The summed E-state index contributed by atoms with van der Waals surface area (Å²) in [6.07, 6.45) is -1.79. The van der Waals surface area contributed by atoms with Gasteiger partial charge in [-0.15, -0.1) is 0 Å². The van der Waals surface area contributed by atoms with Crippen molar-refractivity contribution in [1.82, 2.24) is 9.55 Å². The average Bonchev–Trinajstić information content (AvgIpc) is 3.38. The van der Waals surface area contributed by atoms with Crippen LogP contribution in [0.5, 0.6) is 0 Å². The number of aromatic nitrogens is 2. The minimum absolute atomic E-state index is 0.535. The summed E-state index contributed by atoms with van der Waals surface area (Å²) in [7, 11) is 0.868. The Kier molecular flexibility index (Phi) is 11.9. The SMILES string of the molecule is COC1(C(F)(F)F)C=CC=C[C@@H]1CC(=O)O[C@@H](COC(=O)C(C)(C)C)[C@@H](COC(=O)C(C)(C)C)OCn1ccnc1[N+](=O)[O-]. The summed E-state index contributed by atoms with van der Waals surface area (Å²) in [6, 6.07) is 0. The van der Waals surface area contributed by atoms with Gasteiger partial charge in [-0.3, -0.25) is 14.4 Å². The molecule has 0 N–H and O–H groups in total. The van der Waals surface area contributed by atoms with Crippen LogP contribution in [0.25, 0.3) is 0 Å². The van der Waals surface area contributed by atoms with Crippen LogP contribution in [0.15, 0.2) is 36.7 Å². The summed E-state index contributed by atoms with van der Waals surface area (Å²) in [4.78, 5) is 52.4. The molecule has 1 aliphatic rings. The number of nitro groups is 1. The van der Waals surface area contributed by atoms with Crippen LogP contribution >= 0.6 is 0 Å². The highest BCUT2D eigenvalue weighted by molar-refractivity contribution is 5.76. The maximum Gasteiger partial charge on any atom is 0.436 e. The Morgan fingerprint density at radius 1 is 1.02 bits per heavy atom. The van der Waals surface area contributed by atoms with Crippen LogP contribution in [0, 0.1) is 26.9 Å². The molecule has 0 fully saturated rings. The van der Waals surface area contributed by atoms with Gasteiger partial charge in [0.15, 0.2) is 18.4 Å². The highest BCUT2D eigenvalue weighted by Crippen LogP contribution is 2.44. The highest BCUT2D eigenvalue weighted by atomic mass is 19.4. The molecule has 0 aliphatic heterocycles. The molecule has 1 unspecified atom stereocenters. The molecule has 0 saturated carbocycles. The van der Waals surface area contributed by atoms with Gasteiger partial charge < -0.3 is 33.8 Å². The van der Waals surface area contributed by atoms with Crippen LogP contribution < -0.4 is 0 Å². The average molecular weight is 634 g/mol. The van der Waals surface area contributed by atoms with Gasteiger partial charge in [-0.2, -0.15) is 13.2 Å². The summed E-state index contributed by atoms with van der Waals surface area (Å²) in [5, 5.41) is 11.3. The first-order valence-corrected chi connectivity index (χ1v) is 13.5. The number of nitrogens with zero attached hydrogens (tertiary/aromatic N) is 3. The van der Waals surface area contributed by atoms with Crippen molar-refractivity contribution in [3.8, 4) is 0 Å². The molecule has 0 saturated heterocycles. The van der Waals surface area contributed by atoms with Crippen molar-refractivity contribution in [2.75, 3.05) is 20.3 Å². The summed E-state index contributed by atoms with van der Waals surface area (Å²) in [5.41, 5.74) is -4.75. The van der Waals surface area contributed by atoms with Gasteiger partial charge in [-0.25, -0.2) is 4.57 Å². The van der Waals surface area contributed by atoms with Crippen molar-refractivity contribution in [2.45, 2.75) is 78.7 Å². The number of rotatable bonds is 13. The van der Waals surface area contributed by atoms with Crippen LogP contribution in [-0.4, -0.2) is 76.7 Å². The van der Waals surface area contributed by atoms with Gasteiger partial charge in [0.2, 0.25) is 0 Å². The van der Waals surface area contributed by atoms with Crippen molar-refractivity contribution in [2.24, 2.45) is 16.7 Å². The second-order valence-corrected chi connectivity index (χ2v) is 12.1. The summed E-state index contributed by atoms with van der Waals surface area (Å²) in [5.74, 6) is -4.62. The van der Waals surface area contributed by atoms with Crippen LogP contribution in [0.3, 0.4) is 0 Å². The number of imidazole rings is 1. The lowest BCUT2D eigenvalue weighted by atomic mass is 9.80. The maximum absolute atomic E-state index is 14.1. The Hall–Kier alpha value is -3.79. The molecule has 44 heavy (non-hydrogen) atoms. The van der Waals surface area contributed by atoms with E-state index in [9.17, 15) is 37.7 Å². The normalized spacial score (nSPS) is 20.1. The molecule has 0 spiro atoms. The van der Waals surface area contributed by atoms with E-state index < -0.39 is 95.9 Å². The number of hydrogen-bond donors (Lipinski definition) is 0. The standard InChI is InChI=1S/C28H38F3N3O10/c1-25(2,3)22(36)41-15-19(43-17-33-13-12-32-24(33)34(38)39)20(16-42-23(37)26(4,5)6)44-21(35)14-18-10-8-9-11-27(18,40-7)28(29,30)31/h8-13,18-20H,14-17H2,1-7H3/t18-,19-,20+,27?/m1/s1. The molecule has 246 valence electrons. The third-order valence-electron chi connectivity index (χ3n) is 6.48. The number of carbonyl (C=O) groups is 3. The molecular weight excluding hydrogens is 595 g/mol. The van der Waals surface area contributed by atoms with Gasteiger partial charge in [0, 0.05) is 13.0 Å². The lowest BCUT2D eigenvalue weighted by molar-refractivity contribution is -0.397. The molecule has 16 heteroatoms. The summed E-state index contributed by atoms with van der Waals surface area (Å²) >= 11 is 0. The number of allylic oxidation sites excluding steroid dienone is 2. The Bertz CT molecular complexity index is 1250. The quantitative estimate of drug-likeness (QED) is 0.132. The topological polar surface area (TPSA) is 158 Å². The molecule has 0 aromatic carbocycles. The van der Waals surface area contributed by atoms with E-state index in [1.165, 1.54) is 12.3 Å². The monoisotopic (exact) mass is 633 g/mol. The first-order valence-electron chi connectivity index (χ1n) is 13.5. The van der Waals surface area contributed by atoms with Gasteiger partial charge in [0.25, 0.3) is 0 Å². The number of carbonyl (C=O) groups excluding carboxylic acids is 3. The molecule has 0 bridgehead atoms.